The van der Waals surface area contributed by atoms with Gasteiger partial charge >= 0.3 is 0 Å². The zero-order chi connectivity index (χ0) is 24.2. The van der Waals surface area contributed by atoms with Gasteiger partial charge in [-0.05, 0) is 24.1 Å². The minimum atomic E-state index is -4.25. The molecule has 2 heterocycles. The molecule has 0 bridgehead atoms. The third-order valence-corrected chi connectivity index (χ3v) is 5.88. The van der Waals surface area contributed by atoms with E-state index in [4.69, 9.17) is 32.7 Å². The van der Waals surface area contributed by atoms with Crippen molar-refractivity contribution < 1.29 is 27.1 Å². The molecule has 0 spiro atoms. The summed E-state index contributed by atoms with van der Waals surface area (Å²) in [6.07, 6.45) is 3.74. The summed E-state index contributed by atoms with van der Waals surface area (Å²) in [5.41, 5.74) is -0.589. The molecule has 0 saturated carbocycles. The van der Waals surface area contributed by atoms with Gasteiger partial charge in [0.2, 0.25) is 5.88 Å². The second-order valence-electron chi connectivity index (χ2n) is 7.15. The molecule has 0 fully saturated rings. The molecule has 33 heavy (non-hydrogen) atoms. The number of aromatic nitrogens is 2. The second-order valence-corrected chi connectivity index (χ2v) is 9.65. The van der Waals surface area contributed by atoms with Crippen molar-refractivity contribution in [2.75, 3.05) is 6.61 Å². The molecule has 0 radical (unpaired) electrons. The number of nitrogens with one attached hydrogen (secondary N) is 1. The quantitative estimate of drug-likeness (QED) is 0.457. The molecular weight excluding hydrogens is 496 g/mol. The van der Waals surface area contributed by atoms with Crippen molar-refractivity contribution in [1.29, 1.82) is 0 Å². The van der Waals surface area contributed by atoms with Crippen LogP contribution in [-0.4, -0.2) is 30.9 Å². The van der Waals surface area contributed by atoms with Crippen molar-refractivity contribution >= 4 is 39.1 Å². The van der Waals surface area contributed by atoms with E-state index in [1.54, 1.807) is 4.72 Å². The molecule has 174 valence electrons. The maximum atomic E-state index is 14.6. The molecule has 0 atom stereocenters. The molecule has 3 aromatic rings. The van der Waals surface area contributed by atoms with Gasteiger partial charge in [-0.25, -0.2) is 22.5 Å². The van der Waals surface area contributed by atoms with Crippen LogP contribution in [0.3, 0.4) is 0 Å². The molecule has 1 amide bonds. The minimum absolute atomic E-state index is 0.130. The van der Waals surface area contributed by atoms with E-state index in [0.29, 0.717) is 6.61 Å². The highest BCUT2D eigenvalue weighted by Gasteiger charge is 2.23. The molecule has 2 aromatic heterocycles. The van der Waals surface area contributed by atoms with Gasteiger partial charge in [0.25, 0.3) is 15.9 Å². The average molecular weight is 514 g/mol. The monoisotopic (exact) mass is 513 g/mol. The van der Waals surface area contributed by atoms with E-state index in [0.717, 1.165) is 18.3 Å². The average Bonchev–Trinajstić information content (AvgIpc) is 2.75. The molecule has 0 unspecified atom stereocenters. The molecule has 0 aliphatic rings. The molecule has 0 saturated heterocycles. The first kappa shape index (κ1) is 24.7. The Morgan fingerprint density at radius 2 is 1.94 bits per heavy atom. The summed E-state index contributed by atoms with van der Waals surface area (Å²) in [4.78, 5) is 19.9. The molecule has 1 aromatic carbocycles. The predicted octanol–water partition coefficient (Wildman–Crippen LogP) is 4.87. The fraction of sp³-hybridized carbons (Fsp3) is 0.190. The number of carbonyl (C=O) groups excluding carboxylic acids is 1. The van der Waals surface area contributed by atoms with E-state index in [2.05, 4.69) is 9.97 Å². The van der Waals surface area contributed by atoms with Crippen LogP contribution in [-0.2, 0) is 10.0 Å². The highest BCUT2D eigenvalue weighted by molar-refractivity contribution is 7.90. The Kier molecular flexibility index (Phi) is 7.72. The number of sulfonamides is 1. The number of ether oxygens (including phenoxy) is 2. The smallest absolute Gasteiger partial charge is 0.268 e. The Morgan fingerprint density at radius 1 is 1.18 bits per heavy atom. The zero-order valence-corrected chi connectivity index (χ0v) is 19.7. The van der Waals surface area contributed by atoms with E-state index in [1.165, 1.54) is 30.6 Å². The predicted molar refractivity (Wildman–Crippen MR) is 120 cm³/mol. The summed E-state index contributed by atoms with van der Waals surface area (Å²) < 4.78 is 51.9. The molecule has 8 nitrogen and oxygen atoms in total. The SMILES string of the molecule is CC(C)COc1ncc(Oc2cc(F)c(C(=O)NS(=O)(=O)c3cccnc3)cc2Cl)cc1Cl. The van der Waals surface area contributed by atoms with Gasteiger partial charge in [-0.2, -0.15) is 0 Å². The topological polar surface area (TPSA) is 107 Å². The summed E-state index contributed by atoms with van der Waals surface area (Å²) in [6, 6.07) is 5.84. The van der Waals surface area contributed by atoms with E-state index in [9.17, 15) is 17.6 Å². The van der Waals surface area contributed by atoms with Crippen LogP contribution in [0.15, 0.2) is 53.8 Å². The number of hydrogen-bond acceptors (Lipinski definition) is 7. The van der Waals surface area contributed by atoms with Gasteiger partial charge < -0.3 is 9.47 Å². The summed E-state index contributed by atoms with van der Waals surface area (Å²) in [7, 11) is -4.25. The number of carbonyl (C=O) groups is 1. The Morgan fingerprint density at radius 3 is 2.58 bits per heavy atom. The number of rotatable bonds is 8. The Hall–Kier alpha value is -2.95. The molecule has 12 heteroatoms. The van der Waals surface area contributed by atoms with Crippen LogP contribution in [0.4, 0.5) is 4.39 Å². The van der Waals surface area contributed by atoms with Crippen LogP contribution >= 0.6 is 23.2 Å². The van der Waals surface area contributed by atoms with Gasteiger partial charge in [0.1, 0.15) is 27.2 Å². The number of halogens is 3. The first-order valence-electron chi connectivity index (χ1n) is 9.49. The van der Waals surface area contributed by atoms with E-state index in [1.807, 2.05) is 13.8 Å². The lowest BCUT2D eigenvalue weighted by atomic mass is 10.2. The Bertz CT molecular complexity index is 1270. The lowest BCUT2D eigenvalue weighted by Gasteiger charge is -2.13. The van der Waals surface area contributed by atoms with Crippen LogP contribution in [0.5, 0.6) is 17.4 Å². The van der Waals surface area contributed by atoms with Crippen LogP contribution in [0.2, 0.25) is 10.0 Å². The summed E-state index contributed by atoms with van der Waals surface area (Å²) in [5.74, 6) is -1.75. The molecule has 0 aliphatic heterocycles. The fourth-order valence-electron chi connectivity index (χ4n) is 2.47. The first-order valence-corrected chi connectivity index (χ1v) is 11.7. The van der Waals surface area contributed by atoms with Crippen LogP contribution in [0.25, 0.3) is 0 Å². The third-order valence-electron chi connectivity index (χ3n) is 4.00. The molecule has 3 rings (SSSR count). The van der Waals surface area contributed by atoms with Gasteiger partial charge in [0.05, 0.1) is 23.4 Å². The van der Waals surface area contributed by atoms with Crippen molar-refractivity contribution in [3.05, 3.63) is 70.3 Å². The lowest BCUT2D eigenvalue weighted by Crippen LogP contribution is -2.31. The standard InChI is InChI=1S/C21H18Cl2FN3O5S/c1-12(2)11-31-21-17(23)6-13(9-26-21)32-19-8-18(24)15(7-16(19)22)20(28)27-33(29,30)14-4-3-5-25-10-14/h3-10,12H,11H2,1-2H3,(H,27,28). The van der Waals surface area contributed by atoms with Gasteiger partial charge in [0.15, 0.2) is 0 Å². The van der Waals surface area contributed by atoms with Gasteiger partial charge in [-0.3, -0.25) is 9.78 Å². The number of amides is 1. The van der Waals surface area contributed by atoms with Gasteiger partial charge in [-0.15, -0.1) is 0 Å². The van der Waals surface area contributed by atoms with Crippen LogP contribution < -0.4 is 14.2 Å². The normalized spacial score (nSPS) is 11.3. The number of pyridine rings is 2. The van der Waals surface area contributed by atoms with E-state index >= 15 is 0 Å². The summed E-state index contributed by atoms with van der Waals surface area (Å²) >= 11 is 12.3. The summed E-state index contributed by atoms with van der Waals surface area (Å²) in [5, 5.41) is 0.0398. The maximum absolute atomic E-state index is 14.6. The molecular formula is C21H18Cl2FN3O5S. The van der Waals surface area contributed by atoms with E-state index in [-0.39, 0.29) is 38.2 Å². The van der Waals surface area contributed by atoms with Crippen molar-refractivity contribution in [3.63, 3.8) is 0 Å². The largest absolute Gasteiger partial charge is 0.476 e. The van der Waals surface area contributed by atoms with Gasteiger partial charge in [0, 0.05) is 24.5 Å². The molecule has 1 N–H and O–H groups in total. The summed E-state index contributed by atoms with van der Waals surface area (Å²) in [6.45, 7) is 4.37. The molecule has 0 aliphatic carbocycles. The minimum Gasteiger partial charge on any atom is -0.476 e. The lowest BCUT2D eigenvalue weighted by molar-refractivity contribution is 0.0977. The van der Waals surface area contributed by atoms with Crippen molar-refractivity contribution in [3.8, 4) is 17.4 Å². The number of nitrogens with zero attached hydrogens (tertiary/aromatic N) is 2. The Balaban J connectivity index is 1.78. The highest BCUT2D eigenvalue weighted by Crippen LogP contribution is 2.34. The highest BCUT2D eigenvalue weighted by atomic mass is 35.5. The number of benzene rings is 1. The van der Waals surface area contributed by atoms with Crippen molar-refractivity contribution in [2.24, 2.45) is 5.92 Å². The van der Waals surface area contributed by atoms with Crippen LogP contribution in [0.1, 0.15) is 24.2 Å². The zero-order valence-electron chi connectivity index (χ0n) is 17.4. The maximum Gasteiger partial charge on any atom is 0.268 e. The Labute approximate surface area is 199 Å². The second kappa shape index (κ2) is 10.3. The fourth-order valence-corrected chi connectivity index (χ4v) is 3.81. The van der Waals surface area contributed by atoms with Crippen molar-refractivity contribution in [1.82, 2.24) is 14.7 Å². The van der Waals surface area contributed by atoms with Crippen LogP contribution in [0, 0.1) is 11.7 Å². The van der Waals surface area contributed by atoms with Crippen molar-refractivity contribution in [2.45, 2.75) is 18.7 Å². The van der Waals surface area contributed by atoms with Gasteiger partial charge in [-0.1, -0.05) is 37.0 Å². The first-order chi connectivity index (χ1) is 15.6. The van der Waals surface area contributed by atoms with E-state index < -0.39 is 27.3 Å². The third kappa shape index (κ3) is 6.31. The number of hydrogen-bond donors (Lipinski definition) is 1.